The summed E-state index contributed by atoms with van der Waals surface area (Å²) >= 11 is 0. The molecule has 1 amide bonds. The van der Waals surface area contributed by atoms with E-state index in [0.29, 0.717) is 22.6 Å². The fourth-order valence-electron chi connectivity index (χ4n) is 2.76. The Hall–Kier alpha value is -2.76. The Morgan fingerprint density at radius 1 is 1.19 bits per heavy atom. The molecule has 0 atom stereocenters. The second-order valence-corrected chi connectivity index (χ2v) is 6.59. The summed E-state index contributed by atoms with van der Waals surface area (Å²) in [6, 6.07) is 5.32. The summed E-state index contributed by atoms with van der Waals surface area (Å²) in [6.45, 7) is 9.51. The number of carbonyl (C=O) groups is 1. The number of aryl methyl sites for hydroxylation is 2. The maximum Gasteiger partial charge on any atom is 0.253 e. The summed E-state index contributed by atoms with van der Waals surface area (Å²) in [5, 5.41) is 2.82. The van der Waals surface area contributed by atoms with E-state index in [1.807, 2.05) is 40.7 Å². The largest absolute Gasteiger partial charge is 0.497 e. The Morgan fingerprint density at radius 3 is 2.46 bits per heavy atom. The summed E-state index contributed by atoms with van der Waals surface area (Å²) < 4.78 is 11.1. The third-order valence-corrected chi connectivity index (χ3v) is 4.10. The number of pyridine rings is 1. The van der Waals surface area contributed by atoms with Crippen molar-refractivity contribution in [2.24, 2.45) is 0 Å². The van der Waals surface area contributed by atoms with Crippen molar-refractivity contribution in [1.82, 2.24) is 10.3 Å². The molecule has 0 saturated heterocycles. The van der Waals surface area contributed by atoms with Crippen LogP contribution in [0.5, 0.6) is 11.5 Å². The van der Waals surface area contributed by atoms with Gasteiger partial charge in [-0.3, -0.25) is 9.59 Å². The second-order valence-electron chi connectivity index (χ2n) is 6.59. The van der Waals surface area contributed by atoms with Crippen molar-refractivity contribution in [3.63, 3.8) is 0 Å². The van der Waals surface area contributed by atoms with Crippen LogP contribution in [0.1, 0.15) is 46.6 Å². The van der Waals surface area contributed by atoms with Gasteiger partial charge in [0.25, 0.3) is 11.5 Å². The summed E-state index contributed by atoms with van der Waals surface area (Å²) in [5.41, 5.74) is 3.18. The lowest BCUT2D eigenvalue weighted by molar-refractivity contribution is 0.0949. The number of benzene rings is 1. The van der Waals surface area contributed by atoms with E-state index in [1.54, 1.807) is 19.2 Å². The SMILES string of the molecule is COc1cc(OC(C)C)c(C)c(C(=O)NCc2c(C)cc(C)[nH]c2=O)c1. The van der Waals surface area contributed by atoms with Crippen LogP contribution < -0.4 is 20.3 Å². The summed E-state index contributed by atoms with van der Waals surface area (Å²) in [5.74, 6) is 0.865. The first-order valence-corrected chi connectivity index (χ1v) is 8.55. The molecule has 0 bridgehead atoms. The highest BCUT2D eigenvalue weighted by Crippen LogP contribution is 2.29. The van der Waals surface area contributed by atoms with E-state index in [2.05, 4.69) is 10.3 Å². The van der Waals surface area contributed by atoms with Crippen molar-refractivity contribution < 1.29 is 14.3 Å². The summed E-state index contributed by atoms with van der Waals surface area (Å²) in [7, 11) is 1.54. The predicted molar refractivity (Wildman–Crippen MR) is 101 cm³/mol. The molecule has 0 fully saturated rings. The number of ether oxygens (including phenoxy) is 2. The average Bonchev–Trinajstić information content (AvgIpc) is 2.55. The molecule has 0 saturated carbocycles. The van der Waals surface area contributed by atoms with Crippen LogP contribution in [0.4, 0.5) is 0 Å². The van der Waals surface area contributed by atoms with Gasteiger partial charge in [-0.25, -0.2) is 0 Å². The molecule has 1 aromatic heterocycles. The van der Waals surface area contributed by atoms with Crippen molar-refractivity contribution in [3.05, 3.63) is 56.5 Å². The molecule has 2 N–H and O–H groups in total. The summed E-state index contributed by atoms with van der Waals surface area (Å²) in [4.78, 5) is 27.6. The van der Waals surface area contributed by atoms with Gasteiger partial charge < -0.3 is 19.8 Å². The minimum Gasteiger partial charge on any atom is -0.497 e. The van der Waals surface area contributed by atoms with Gasteiger partial charge in [0.2, 0.25) is 0 Å². The number of hydrogen-bond donors (Lipinski definition) is 2. The van der Waals surface area contributed by atoms with Gasteiger partial charge in [0.05, 0.1) is 13.2 Å². The topological polar surface area (TPSA) is 80.4 Å². The summed E-state index contributed by atoms with van der Waals surface area (Å²) in [6.07, 6.45) is -0.0227. The fourth-order valence-corrected chi connectivity index (χ4v) is 2.76. The highest BCUT2D eigenvalue weighted by atomic mass is 16.5. The number of nitrogens with one attached hydrogen (secondary N) is 2. The monoisotopic (exact) mass is 358 g/mol. The lowest BCUT2D eigenvalue weighted by atomic mass is 10.1. The molecule has 0 aliphatic rings. The highest BCUT2D eigenvalue weighted by molar-refractivity contribution is 5.96. The fraction of sp³-hybridized carbons (Fsp3) is 0.400. The Balaban J connectivity index is 2.28. The quantitative estimate of drug-likeness (QED) is 0.832. The molecule has 1 aromatic carbocycles. The van der Waals surface area contributed by atoms with E-state index >= 15 is 0 Å². The van der Waals surface area contributed by atoms with E-state index in [4.69, 9.17) is 9.47 Å². The van der Waals surface area contributed by atoms with E-state index in [0.717, 1.165) is 16.8 Å². The molecular weight excluding hydrogens is 332 g/mol. The van der Waals surface area contributed by atoms with Gasteiger partial charge >= 0.3 is 0 Å². The lowest BCUT2D eigenvalue weighted by Gasteiger charge is -2.17. The molecule has 0 radical (unpaired) electrons. The van der Waals surface area contributed by atoms with Crippen LogP contribution in [0.2, 0.25) is 0 Å². The number of carbonyl (C=O) groups excluding carboxylic acids is 1. The Labute approximate surface area is 153 Å². The minimum absolute atomic E-state index is 0.0227. The van der Waals surface area contributed by atoms with Crippen LogP contribution in [0.15, 0.2) is 23.0 Å². The third kappa shape index (κ3) is 4.45. The standard InChI is InChI=1S/C20H26N2O4/c1-11(2)26-18-9-15(25-6)8-16(14(18)5)19(23)21-10-17-12(3)7-13(4)22-20(17)24/h7-9,11H,10H2,1-6H3,(H,21,23)(H,22,24). The zero-order valence-electron chi connectivity index (χ0n) is 16.1. The number of amides is 1. The van der Waals surface area contributed by atoms with Crippen LogP contribution in [-0.2, 0) is 6.54 Å². The number of aromatic nitrogens is 1. The highest BCUT2D eigenvalue weighted by Gasteiger charge is 2.17. The van der Waals surface area contributed by atoms with Crippen molar-refractivity contribution in [3.8, 4) is 11.5 Å². The molecule has 0 aliphatic heterocycles. The van der Waals surface area contributed by atoms with Crippen molar-refractivity contribution in [2.75, 3.05) is 7.11 Å². The van der Waals surface area contributed by atoms with Gasteiger partial charge in [0.1, 0.15) is 11.5 Å². The smallest absolute Gasteiger partial charge is 0.253 e. The van der Waals surface area contributed by atoms with Gasteiger partial charge in [-0.15, -0.1) is 0 Å². The Kier molecular flexibility index (Phi) is 6.08. The first-order chi connectivity index (χ1) is 12.2. The molecule has 0 unspecified atom stereocenters. The lowest BCUT2D eigenvalue weighted by Crippen LogP contribution is -2.28. The van der Waals surface area contributed by atoms with E-state index in [-0.39, 0.29) is 24.1 Å². The maximum atomic E-state index is 12.7. The second kappa shape index (κ2) is 8.08. The van der Waals surface area contributed by atoms with Crippen LogP contribution in [0.25, 0.3) is 0 Å². The maximum absolute atomic E-state index is 12.7. The molecule has 2 rings (SSSR count). The molecule has 2 aromatic rings. The van der Waals surface area contributed by atoms with Gasteiger partial charge in [0, 0.05) is 35.0 Å². The number of aromatic amines is 1. The third-order valence-electron chi connectivity index (χ3n) is 4.10. The van der Waals surface area contributed by atoms with Gasteiger partial charge in [-0.05, 0) is 52.3 Å². The molecule has 0 aliphatic carbocycles. The Bertz CT molecular complexity index is 869. The first-order valence-electron chi connectivity index (χ1n) is 8.55. The predicted octanol–water partition coefficient (Wildman–Crippen LogP) is 3.03. The van der Waals surface area contributed by atoms with Gasteiger partial charge in [-0.2, -0.15) is 0 Å². The van der Waals surface area contributed by atoms with E-state index < -0.39 is 0 Å². The number of hydrogen-bond acceptors (Lipinski definition) is 4. The van der Waals surface area contributed by atoms with Crippen LogP contribution in [-0.4, -0.2) is 24.1 Å². The number of rotatable bonds is 6. The van der Waals surface area contributed by atoms with Crippen molar-refractivity contribution in [1.29, 1.82) is 0 Å². The normalized spacial score (nSPS) is 10.7. The molecule has 26 heavy (non-hydrogen) atoms. The molecule has 140 valence electrons. The zero-order valence-corrected chi connectivity index (χ0v) is 16.1. The first kappa shape index (κ1) is 19.6. The van der Waals surface area contributed by atoms with Crippen molar-refractivity contribution >= 4 is 5.91 Å². The van der Waals surface area contributed by atoms with Gasteiger partial charge in [-0.1, -0.05) is 0 Å². The van der Waals surface area contributed by atoms with Crippen LogP contribution >= 0.6 is 0 Å². The number of H-pyrrole nitrogens is 1. The zero-order chi connectivity index (χ0) is 19.4. The van der Waals surface area contributed by atoms with Crippen LogP contribution in [0.3, 0.4) is 0 Å². The average molecular weight is 358 g/mol. The molecular formula is C20H26N2O4. The number of methoxy groups -OCH3 is 1. The Morgan fingerprint density at radius 2 is 1.88 bits per heavy atom. The molecule has 6 heteroatoms. The van der Waals surface area contributed by atoms with Crippen molar-refractivity contribution in [2.45, 2.75) is 47.3 Å². The van der Waals surface area contributed by atoms with E-state index in [9.17, 15) is 9.59 Å². The molecule has 1 heterocycles. The minimum atomic E-state index is -0.283. The van der Waals surface area contributed by atoms with Gasteiger partial charge in [0.15, 0.2) is 0 Å². The van der Waals surface area contributed by atoms with E-state index in [1.165, 1.54) is 0 Å². The molecule has 0 spiro atoms. The molecule has 6 nitrogen and oxygen atoms in total. The van der Waals surface area contributed by atoms with Crippen LogP contribution in [0, 0.1) is 20.8 Å².